The van der Waals surface area contributed by atoms with Gasteiger partial charge in [-0.1, -0.05) is 6.07 Å². The Balaban J connectivity index is 1.68. The van der Waals surface area contributed by atoms with Gasteiger partial charge in [0.1, 0.15) is 5.82 Å². The van der Waals surface area contributed by atoms with Gasteiger partial charge in [-0.3, -0.25) is 4.79 Å². The van der Waals surface area contributed by atoms with E-state index in [1.807, 2.05) is 0 Å². The third-order valence-electron chi connectivity index (χ3n) is 4.90. The van der Waals surface area contributed by atoms with Crippen molar-refractivity contribution < 1.29 is 13.9 Å². The Morgan fingerprint density at radius 1 is 1.35 bits per heavy atom. The number of nitrogens with one attached hydrogen (secondary N) is 1. The van der Waals surface area contributed by atoms with E-state index in [1.54, 1.807) is 19.1 Å². The molecule has 0 radical (unpaired) electrons. The van der Waals surface area contributed by atoms with Gasteiger partial charge in [-0.05, 0) is 55.7 Å². The van der Waals surface area contributed by atoms with E-state index in [9.17, 15) is 9.18 Å². The van der Waals surface area contributed by atoms with Crippen LogP contribution < -0.4 is 5.32 Å². The molecule has 1 amide bonds. The summed E-state index contributed by atoms with van der Waals surface area (Å²) >= 11 is 0. The second-order valence-electron chi connectivity index (χ2n) is 6.00. The molecule has 1 aromatic rings. The number of halogens is 1. The fraction of sp³-hybridized carbons (Fsp3) is 0.562. The lowest BCUT2D eigenvalue weighted by molar-refractivity contribution is -0.0523. The average Bonchev–Trinajstić information content (AvgIpc) is 2.47. The second-order valence-corrected chi connectivity index (χ2v) is 6.00. The van der Waals surface area contributed by atoms with E-state index in [1.165, 1.54) is 6.07 Å². The van der Waals surface area contributed by atoms with Crippen LogP contribution in [-0.4, -0.2) is 25.2 Å². The summed E-state index contributed by atoms with van der Waals surface area (Å²) in [6, 6.07) is 4.86. The van der Waals surface area contributed by atoms with Crippen LogP contribution in [0.3, 0.4) is 0 Å². The number of carbonyl (C=O) groups excluding carboxylic acids is 1. The van der Waals surface area contributed by atoms with Crippen LogP contribution in [0.5, 0.6) is 0 Å². The van der Waals surface area contributed by atoms with E-state index in [2.05, 4.69) is 5.32 Å². The van der Waals surface area contributed by atoms with Crippen LogP contribution in [0.15, 0.2) is 18.2 Å². The van der Waals surface area contributed by atoms with Crippen molar-refractivity contribution in [2.75, 3.05) is 13.2 Å². The summed E-state index contributed by atoms with van der Waals surface area (Å²) in [5.41, 5.74) is 1.19. The van der Waals surface area contributed by atoms with Crippen molar-refractivity contribution in [1.82, 2.24) is 5.32 Å². The highest BCUT2D eigenvalue weighted by Crippen LogP contribution is 2.48. The monoisotopic (exact) mass is 277 g/mol. The molecule has 1 unspecified atom stereocenters. The van der Waals surface area contributed by atoms with Gasteiger partial charge in [0.2, 0.25) is 0 Å². The first kappa shape index (κ1) is 13.6. The number of carbonyl (C=O) groups is 1. The van der Waals surface area contributed by atoms with E-state index in [0.29, 0.717) is 11.1 Å². The minimum atomic E-state index is -0.327. The Morgan fingerprint density at radius 3 is 2.70 bits per heavy atom. The zero-order valence-electron chi connectivity index (χ0n) is 11.7. The molecule has 1 heterocycles. The van der Waals surface area contributed by atoms with Gasteiger partial charge in [0.05, 0.1) is 0 Å². The number of hydrogen-bond acceptors (Lipinski definition) is 2. The van der Waals surface area contributed by atoms with Gasteiger partial charge in [-0.15, -0.1) is 0 Å². The van der Waals surface area contributed by atoms with Crippen LogP contribution in [0.1, 0.15) is 41.6 Å². The lowest BCUT2D eigenvalue weighted by atomic mass is 9.60. The summed E-state index contributed by atoms with van der Waals surface area (Å²) < 4.78 is 18.9. The first-order valence-electron chi connectivity index (χ1n) is 7.25. The van der Waals surface area contributed by atoms with Crippen LogP contribution in [0, 0.1) is 18.2 Å². The highest BCUT2D eigenvalue weighted by molar-refractivity contribution is 5.94. The van der Waals surface area contributed by atoms with Gasteiger partial charge in [0.25, 0.3) is 5.91 Å². The van der Waals surface area contributed by atoms with Crippen LogP contribution in [0.2, 0.25) is 0 Å². The zero-order chi connectivity index (χ0) is 14.2. The first-order chi connectivity index (χ1) is 9.61. The van der Waals surface area contributed by atoms with E-state index in [0.717, 1.165) is 38.9 Å². The first-order valence-corrected chi connectivity index (χ1v) is 7.25. The lowest BCUT2D eigenvalue weighted by Gasteiger charge is -2.52. The molecule has 1 aliphatic heterocycles. The third kappa shape index (κ3) is 2.33. The summed E-state index contributed by atoms with van der Waals surface area (Å²) in [7, 11) is 0. The van der Waals surface area contributed by atoms with Gasteiger partial charge in [0.15, 0.2) is 0 Å². The number of benzene rings is 1. The summed E-state index contributed by atoms with van der Waals surface area (Å²) in [6.07, 6.45) is 4.20. The minimum absolute atomic E-state index is 0.167. The molecule has 0 aromatic heterocycles. The molecule has 1 spiro atoms. The van der Waals surface area contributed by atoms with Gasteiger partial charge < -0.3 is 10.1 Å². The quantitative estimate of drug-likeness (QED) is 0.902. The number of ether oxygens (including phenoxy) is 1. The highest BCUT2D eigenvalue weighted by Gasteiger charge is 2.47. The van der Waals surface area contributed by atoms with E-state index in [-0.39, 0.29) is 23.2 Å². The largest absolute Gasteiger partial charge is 0.381 e. The SMILES string of the molecule is Cc1ccc(C(=O)NC2CCC23CCOCC3)cc1F. The summed E-state index contributed by atoms with van der Waals surface area (Å²) in [5.74, 6) is -0.494. The predicted octanol–water partition coefficient (Wildman–Crippen LogP) is 2.82. The number of rotatable bonds is 2. The van der Waals surface area contributed by atoms with Crippen molar-refractivity contribution in [2.24, 2.45) is 5.41 Å². The van der Waals surface area contributed by atoms with Gasteiger partial charge >= 0.3 is 0 Å². The molecule has 1 atom stereocenters. The van der Waals surface area contributed by atoms with Gasteiger partial charge in [-0.25, -0.2) is 4.39 Å². The Bertz CT molecular complexity index is 523. The molecule has 1 N–H and O–H groups in total. The Kier molecular flexibility index (Phi) is 3.50. The maximum Gasteiger partial charge on any atom is 0.251 e. The predicted molar refractivity (Wildman–Crippen MR) is 74.1 cm³/mol. The molecule has 20 heavy (non-hydrogen) atoms. The van der Waals surface area contributed by atoms with Crippen LogP contribution >= 0.6 is 0 Å². The fourth-order valence-electron chi connectivity index (χ4n) is 3.27. The Labute approximate surface area is 118 Å². The number of aryl methyl sites for hydroxylation is 1. The maximum absolute atomic E-state index is 13.5. The van der Waals surface area contributed by atoms with E-state index >= 15 is 0 Å². The fourth-order valence-corrected chi connectivity index (χ4v) is 3.27. The van der Waals surface area contributed by atoms with Gasteiger partial charge in [0, 0.05) is 24.8 Å². The topological polar surface area (TPSA) is 38.3 Å². The summed E-state index contributed by atoms with van der Waals surface area (Å²) in [6.45, 7) is 3.26. The third-order valence-corrected chi connectivity index (χ3v) is 4.90. The van der Waals surface area contributed by atoms with Gasteiger partial charge in [-0.2, -0.15) is 0 Å². The van der Waals surface area contributed by atoms with Crippen LogP contribution in [-0.2, 0) is 4.74 Å². The van der Waals surface area contributed by atoms with Crippen molar-refractivity contribution in [2.45, 2.75) is 38.6 Å². The zero-order valence-corrected chi connectivity index (χ0v) is 11.7. The highest BCUT2D eigenvalue weighted by atomic mass is 19.1. The maximum atomic E-state index is 13.5. The molecule has 108 valence electrons. The molecule has 3 nitrogen and oxygen atoms in total. The minimum Gasteiger partial charge on any atom is -0.381 e. The molecular weight excluding hydrogens is 257 g/mol. The van der Waals surface area contributed by atoms with E-state index in [4.69, 9.17) is 4.74 Å². The lowest BCUT2D eigenvalue weighted by Crippen LogP contribution is -2.57. The van der Waals surface area contributed by atoms with E-state index < -0.39 is 0 Å². The molecule has 0 bridgehead atoms. The van der Waals surface area contributed by atoms with Crippen molar-refractivity contribution >= 4 is 5.91 Å². The normalized spacial score (nSPS) is 24.2. The van der Waals surface area contributed by atoms with Crippen molar-refractivity contribution in [1.29, 1.82) is 0 Å². The Morgan fingerprint density at radius 2 is 2.10 bits per heavy atom. The summed E-state index contributed by atoms with van der Waals surface area (Å²) in [5, 5.41) is 3.08. The molecule has 1 aliphatic carbocycles. The molecule has 1 saturated heterocycles. The van der Waals surface area contributed by atoms with Crippen molar-refractivity contribution in [3.8, 4) is 0 Å². The molecule has 2 fully saturated rings. The average molecular weight is 277 g/mol. The van der Waals surface area contributed by atoms with Crippen molar-refractivity contribution in [3.05, 3.63) is 35.1 Å². The molecule has 1 saturated carbocycles. The smallest absolute Gasteiger partial charge is 0.251 e. The molecule has 4 heteroatoms. The standard InChI is InChI=1S/C16H20FNO2/c1-11-2-3-12(10-13(11)17)15(19)18-14-4-5-16(14)6-8-20-9-7-16/h2-3,10,14H,4-9H2,1H3,(H,18,19). The second kappa shape index (κ2) is 5.17. The number of amides is 1. The summed E-state index contributed by atoms with van der Waals surface area (Å²) in [4.78, 5) is 12.2. The molecule has 1 aromatic carbocycles. The molecule has 2 aliphatic rings. The molecular formula is C16H20FNO2. The van der Waals surface area contributed by atoms with Crippen LogP contribution in [0.4, 0.5) is 4.39 Å². The Hall–Kier alpha value is -1.42. The van der Waals surface area contributed by atoms with Crippen molar-refractivity contribution in [3.63, 3.8) is 0 Å². The van der Waals surface area contributed by atoms with Crippen LogP contribution in [0.25, 0.3) is 0 Å². The number of hydrogen-bond donors (Lipinski definition) is 1. The molecule has 3 rings (SSSR count).